The molecule has 3 fully saturated rings. The number of nitrogen functional groups attached to an aromatic ring is 1. The number of aromatic nitrogens is 3. The van der Waals surface area contributed by atoms with Crippen molar-refractivity contribution >= 4 is 5.82 Å². The first-order valence-corrected chi connectivity index (χ1v) is 11.5. The minimum Gasteiger partial charge on any atom is -0.402 e. The van der Waals surface area contributed by atoms with E-state index >= 15 is 0 Å². The highest BCUT2D eigenvalue weighted by Crippen LogP contribution is 2.64. The Morgan fingerprint density at radius 3 is 2.52 bits per heavy atom. The largest absolute Gasteiger partial charge is 0.573 e. The molecule has 10 heteroatoms. The van der Waals surface area contributed by atoms with Crippen LogP contribution in [0.5, 0.6) is 5.75 Å². The second kappa shape index (κ2) is 8.16. The van der Waals surface area contributed by atoms with Gasteiger partial charge in [-0.3, -0.25) is 9.58 Å². The van der Waals surface area contributed by atoms with Gasteiger partial charge in [0.05, 0.1) is 11.8 Å². The number of alkyl halides is 3. The average Bonchev–Trinajstić information content (AvgIpc) is 3.23. The highest BCUT2D eigenvalue weighted by atomic mass is 19.4. The SMILES string of the molecule is CO[C@@H]1CCN(C2CC3C(C2)C3c2cc(-c3cnc(N)c(OC(F)(F)F)c3)nn2C(C)C)C1. The van der Waals surface area contributed by atoms with Crippen molar-refractivity contribution in [2.75, 3.05) is 25.9 Å². The van der Waals surface area contributed by atoms with Crippen LogP contribution in [0.15, 0.2) is 18.3 Å². The molecular formula is C23H30F3N5O2. The van der Waals surface area contributed by atoms with Crippen molar-refractivity contribution in [3.05, 3.63) is 24.0 Å². The predicted octanol–water partition coefficient (Wildman–Crippen LogP) is 4.22. The third-order valence-corrected chi connectivity index (χ3v) is 7.44. The van der Waals surface area contributed by atoms with Gasteiger partial charge in [0.2, 0.25) is 0 Å². The maximum Gasteiger partial charge on any atom is 0.573 e. The molecule has 33 heavy (non-hydrogen) atoms. The van der Waals surface area contributed by atoms with Crippen molar-refractivity contribution in [2.24, 2.45) is 11.8 Å². The Labute approximate surface area is 191 Å². The third kappa shape index (κ3) is 4.30. The summed E-state index contributed by atoms with van der Waals surface area (Å²) in [5.74, 6) is 0.893. The van der Waals surface area contributed by atoms with Crippen LogP contribution in [-0.2, 0) is 4.74 Å². The third-order valence-electron chi connectivity index (χ3n) is 7.44. The Morgan fingerprint density at radius 1 is 1.18 bits per heavy atom. The topological polar surface area (TPSA) is 78.4 Å². The number of hydrogen-bond donors (Lipinski definition) is 1. The van der Waals surface area contributed by atoms with E-state index in [1.54, 1.807) is 7.11 Å². The summed E-state index contributed by atoms with van der Waals surface area (Å²) in [6.07, 6.45) is 0.415. The lowest BCUT2D eigenvalue weighted by molar-refractivity contribution is -0.274. The second-order valence-corrected chi connectivity index (χ2v) is 9.77. The molecule has 3 atom stereocenters. The lowest BCUT2D eigenvalue weighted by Gasteiger charge is -2.26. The first kappa shape index (κ1) is 22.5. The summed E-state index contributed by atoms with van der Waals surface area (Å²) in [4.78, 5) is 6.47. The number of fused-ring (bicyclic) bond motifs is 1. The van der Waals surface area contributed by atoms with Gasteiger partial charge in [-0.15, -0.1) is 13.2 Å². The van der Waals surface area contributed by atoms with Gasteiger partial charge in [-0.2, -0.15) is 5.10 Å². The van der Waals surface area contributed by atoms with E-state index in [1.165, 1.54) is 25.1 Å². The summed E-state index contributed by atoms with van der Waals surface area (Å²) in [5, 5.41) is 4.73. The zero-order valence-corrected chi connectivity index (χ0v) is 19.0. The van der Waals surface area contributed by atoms with Gasteiger partial charge in [-0.25, -0.2) is 4.98 Å². The van der Waals surface area contributed by atoms with Crippen LogP contribution in [0.1, 0.15) is 50.8 Å². The van der Waals surface area contributed by atoms with Crippen LogP contribution in [0.4, 0.5) is 19.0 Å². The molecule has 2 saturated carbocycles. The fourth-order valence-corrected chi connectivity index (χ4v) is 5.84. The quantitative estimate of drug-likeness (QED) is 0.688. The molecule has 3 aliphatic rings. The zero-order chi connectivity index (χ0) is 23.5. The second-order valence-electron chi connectivity index (χ2n) is 9.77. The molecule has 1 aliphatic heterocycles. The fraction of sp³-hybridized carbons (Fsp3) is 0.652. The first-order chi connectivity index (χ1) is 15.6. The molecule has 1 saturated heterocycles. The smallest absolute Gasteiger partial charge is 0.402 e. The molecule has 7 nitrogen and oxygen atoms in total. The number of anilines is 1. The van der Waals surface area contributed by atoms with Crippen molar-refractivity contribution in [3.63, 3.8) is 0 Å². The average molecular weight is 466 g/mol. The Balaban J connectivity index is 1.34. The van der Waals surface area contributed by atoms with Crippen LogP contribution < -0.4 is 10.5 Å². The Morgan fingerprint density at radius 2 is 1.91 bits per heavy atom. The number of pyridine rings is 1. The predicted molar refractivity (Wildman–Crippen MR) is 117 cm³/mol. The van der Waals surface area contributed by atoms with E-state index in [-0.39, 0.29) is 11.9 Å². The number of nitrogens with zero attached hydrogens (tertiary/aromatic N) is 4. The number of ether oxygens (including phenoxy) is 2. The molecule has 0 aromatic carbocycles. The van der Waals surface area contributed by atoms with Crippen LogP contribution in [-0.4, -0.2) is 58.4 Å². The molecule has 3 heterocycles. The van der Waals surface area contributed by atoms with Gasteiger partial charge >= 0.3 is 6.36 Å². The van der Waals surface area contributed by atoms with Crippen molar-refractivity contribution in [1.82, 2.24) is 19.7 Å². The van der Waals surface area contributed by atoms with Gasteiger partial charge in [0, 0.05) is 55.7 Å². The van der Waals surface area contributed by atoms with Gasteiger partial charge in [0.15, 0.2) is 11.6 Å². The maximum absolute atomic E-state index is 12.7. The molecule has 2 N–H and O–H groups in total. The van der Waals surface area contributed by atoms with Crippen molar-refractivity contribution < 1.29 is 22.6 Å². The highest BCUT2D eigenvalue weighted by molar-refractivity contribution is 5.64. The van der Waals surface area contributed by atoms with Crippen LogP contribution in [0.25, 0.3) is 11.3 Å². The number of likely N-dealkylation sites (tertiary alicyclic amines) is 1. The van der Waals surface area contributed by atoms with Crippen LogP contribution >= 0.6 is 0 Å². The molecule has 0 bridgehead atoms. The summed E-state index contributed by atoms with van der Waals surface area (Å²) >= 11 is 0. The lowest BCUT2D eigenvalue weighted by Crippen LogP contribution is -2.33. The molecule has 0 amide bonds. The lowest BCUT2D eigenvalue weighted by atomic mass is 10.0. The number of hydrogen-bond acceptors (Lipinski definition) is 6. The van der Waals surface area contributed by atoms with E-state index in [9.17, 15) is 13.2 Å². The molecule has 0 radical (unpaired) electrons. The van der Waals surface area contributed by atoms with Crippen molar-refractivity contribution in [2.45, 2.75) is 63.6 Å². The Kier molecular flexibility index (Phi) is 5.55. The number of methoxy groups -OCH3 is 1. The standard InChI is InChI=1S/C23H30F3N5O2/c1-12(2)31-19(21-16-7-14(8-17(16)21)30-5-4-15(11-30)32-3)9-18(29-31)13-6-20(22(27)28-10-13)33-23(24,25)26/h6,9-10,12,14-17,21H,4-5,7-8,11H2,1-3H3,(H2,27,28)/t14?,15-,16?,17?,21?/m1/s1. The van der Waals surface area contributed by atoms with E-state index in [4.69, 9.17) is 15.6 Å². The molecule has 0 spiro atoms. The zero-order valence-electron chi connectivity index (χ0n) is 19.0. The Bertz CT molecular complexity index is 1010. The van der Waals surface area contributed by atoms with Crippen LogP contribution in [0.3, 0.4) is 0 Å². The van der Waals surface area contributed by atoms with Crippen LogP contribution in [0.2, 0.25) is 0 Å². The van der Waals surface area contributed by atoms with Gasteiger partial charge in [-0.1, -0.05) is 0 Å². The minimum absolute atomic E-state index is 0.138. The number of rotatable bonds is 6. The minimum atomic E-state index is -4.84. The van der Waals surface area contributed by atoms with Crippen LogP contribution in [0, 0.1) is 11.8 Å². The molecule has 2 aromatic rings. The summed E-state index contributed by atoms with van der Waals surface area (Å²) in [6.45, 7) is 6.26. The fourth-order valence-electron chi connectivity index (χ4n) is 5.84. The van der Waals surface area contributed by atoms with E-state index < -0.39 is 12.1 Å². The number of nitrogens with two attached hydrogens (primary N) is 1. The van der Waals surface area contributed by atoms with Gasteiger partial charge < -0.3 is 15.2 Å². The highest BCUT2D eigenvalue weighted by Gasteiger charge is 2.59. The molecule has 2 aromatic heterocycles. The normalized spacial score (nSPS) is 29.6. The first-order valence-electron chi connectivity index (χ1n) is 11.5. The monoisotopic (exact) mass is 465 g/mol. The summed E-state index contributed by atoms with van der Waals surface area (Å²) in [6, 6.07) is 4.02. The van der Waals surface area contributed by atoms with Gasteiger partial charge in [-0.05, 0) is 57.1 Å². The summed E-state index contributed by atoms with van der Waals surface area (Å²) in [7, 11) is 1.79. The Hall–Kier alpha value is -2.33. The summed E-state index contributed by atoms with van der Waals surface area (Å²) < 4.78 is 49.7. The molecule has 180 valence electrons. The van der Waals surface area contributed by atoms with Crippen molar-refractivity contribution in [1.29, 1.82) is 0 Å². The molecular weight excluding hydrogens is 435 g/mol. The molecule has 2 unspecified atom stereocenters. The van der Waals surface area contributed by atoms with Gasteiger partial charge in [0.1, 0.15) is 0 Å². The molecule has 5 rings (SSSR count). The van der Waals surface area contributed by atoms with E-state index in [0.717, 1.165) is 25.2 Å². The van der Waals surface area contributed by atoms with E-state index in [0.29, 0.717) is 41.2 Å². The maximum atomic E-state index is 12.7. The number of halogens is 3. The van der Waals surface area contributed by atoms with E-state index in [1.807, 2.05) is 10.7 Å². The van der Waals surface area contributed by atoms with Gasteiger partial charge in [0.25, 0.3) is 0 Å². The summed E-state index contributed by atoms with van der Waals surface area (Å²) in [5.41, 5.74) is 7.78. The van der Waals surface area contributed by atoms with E-state index in [2.05, 4.69) is 28.5 Å². The molecule has 2 aliphatic carbocycles. The van der Waals surface area contributed by atoms with Crippen molar-refractivity contribution in [3.8, 4) is 17.0 Å².